The molecule has 2 N–H and O–H groups in total. The van der Waals surface area contributed by atoms with Crippen LogP contribution in [0.3, 0.4) is 0 Å². The third-order valence-corrected chi connectivity index (χ3v) is 2.83. The first-order valence-electron chi connectivity index (χ1n) is 6.02. The van der Waals surface area contributed by atoms with Gasteiger partial charge in [0, 0.05) is 6.08 Å². The first-order valence-corrected chi connectivity index (χ1v) is 6.02. The smallest absolute Gasteiger partial charge is 0.274 e. The molecule has 1 heterocycles. The first-order chi connectivity index (χ1) is 9.33. The van der Waals surface area contributed by atoms with Gasteiger partial charge in [-0.05, 0) is 23.8 Å². The molecule has 1 aliphatic rings. The van der Waals surface area contributed by atoms with Crippen molar-refractivity contribution in [1.82, 2.24) is 5.12 Å². The summed E-state index contributed by atoms with van der Waals surface area (Å²) in [6.07, 6.45) is 3.32. The molecule has 0 atom stereocenters. The summed E-state index contributed by atoms with van der Waals surface area (Å²) in [5, 5.41) is 1.37. The zero-order valence-corrected chi connectivity index (χ0v) is 10.2. The van der Waals surface area contributed by atoms with Crippen LogP contribution in [0.15, 0.2) is 60.7 Å². The van der Waals surface area contributed by atoms with Crippen LogP contribution >= 0.6 is 0 Å². The zero-order valence-electron chi connectivity index (χ0n) is 10.2. The lowest BCUT2D eigenvalue weighted by Gasteiger charge is -2.13. The minimum Gasteiger partial charge on any atom is -0.274 e. The van der Waals surface area contributed by atoms with Crippen LogP contribution in [0.5, 0.6) is 0 Å². The van der Waals surface area contributed by atoms with E-state index in [4.69, 9.17) is 0 Å². The molecule has 0 bridgehead atoms. The lowest BCUT2D eigenvalue weighted by Crippen LogP contribution is -2.34. The standard InChI is InChI=1S/C15H13N3O/c19-15(11-10-12-6-2-1-3-7-12)18-16-13-8-4-5-9-14(13)17-18/h1-11,16-17H. The molecular weight excluding hydrogens is 238 g/mol. The maximum Gasteiger partial charge on any atom is 0.284 e. The monoisotopic (exact) mass is 251 g/mol. The van der Waals surface area contributed by atoms with E-state index >= 15 is 0 Å². The summed E-state index contributed by atoms with van der Waals surface area (Å²) in [6.45, 7) is 0. The summed E-state index contributed by atoms with van der Waals surface area (Å²) in [6, 6.07) is 17.4. The highest BCUT2D eigenvalue weighted by molar-refractivity contribution is 5.95. The highest BCUT2D eigenvalue weighted by Gasteiger charge is 2.19. The molecule has 0 aliphatic carbocycles. The quantitative estimate of drug-likeness (QED) is 0.807. The molecule has 0 spiro atoms. The largest absolute Gasteiger partial charge is 0.284 e. The Morgan fingerprint density at radius 3 is 2.11 bits per heavy atom. The second-order valence-electron chi connectivity index (χ2n) is 4.19. The fraction of sp³-hybridized carbons (Fsp3) is 0. The molecule has 2 aromatic rings. The summed E-state index contributed by atoms with van der Waals surface area (Å²) in [5.74, 6) is -0.153. The fourth-order valence-electron chi connectivity index (χ4n) is 1.86. The van der Waals surface area contributed by atoms with E-state index in [1.165, 1.54) is 11.2 Å². The van der Waals surface area contributed by atoms with Gasteiger partial charge in [0.2, 0.25) is 0 Å². The number of anilines is 2. The van der Waals surface area contributed by atoms with Crippen LogP contribution in [0.25, 0.3) is 6.08 Å². The Bertz CT molecular complexity index is 597. The van der Waals surface area contributed by atoms with Gasteiger partial charge in [0.1, 0.15) is 0 Å². The van der Waals surface area contributed by atoms with Gasteiger partial charge < -0.3 is 0 Å². The summed E-state index contributed by atoms with van der Waals surface area (Å²) >= 11 is 0. The molecule has 0 radical (unpaired) electrons. The molecule has 19 heavy (non-hydrogen) atoms. The highest BCUT2D eigenvalue weighted by atomic mass is 16.2. The minimum absolute atomic E-state index is 0.153. The van der Waals surface area contributed by atoms with Crippen LogP contribution in [0.2, 0.25) is 0 Å². The van der Waals surface area contributed by atoms with Crippen molar-refractivity contribution in [2.75, 3.05) is 10.9 Å². The normalized spacial score (nSPS) is 12.9. The van der Waals surface area contributed by atoms with E-state index < -0.39 is 0 Å². The second-order valence-corrected chi connectivity index (χ2v) is 4.19. The van der Waals surface area contributed by atoms with Crippen molar-refractivity contribution in [3.05, 3.63) is 66.2 Å². The summed E-state index contributed by atoms with van der Waals surface area (Å²) in [5.41, 5.74) is 8.76. The molecule has 0 aromatic heterocycles. The third-order valence-electron chi connectivity index (χ3n) is 2.83. The molecule has 94 valence electrons. The lowest BCUT2D eigenvalue weighted by molar-refractivity contribution is -0.123. The van der Waals surface area contributed by atoms with E-state index in [1.54, 1.807) is 6.08 Å². The van der Waals surface area contributed by atoms with Crippen LogP contribution in [0, 0.1) is 0 Å². The predicted octanol–water partition coefficient (Wildman–Crippen LogP) is 2.90. The Hall–Kier alpha value is -2.75. The van der Waals surface area contributed by atoms with Gasteiger partial charge in [-0.15, -0.1) is 0 Å². The molecule has 0 saturated heterocycles. The van der Waals surface area contributed by atoms with Crippen LogP contribution in [-0.4, -0.2) is 11.0 Å². The Labute approximate surface area is 111 Å². The fourth-order valence-corrected chi connectivity index (χ4v) is 1.86. The molecule has 1 amide bonds. The molecule has 1 aliphatic heterocycles. The van der Waals surface area contributed by atoms with Gasteiger partial charge in [-0.2, -0.15) is 5.12 Å². The molecule has 0 fully saturated rings. The van der Waals surface area contributed by atoms with E-state index in [1.807, 2.05) is 54.6 Å². The average molecular weight is 251 g/mol. The maximum absolute atomic E-state index is 12.0. The number of para-hydroxylation sites is 2. The van der Waals surface area contributed by atoms with E-state index in [0.29, 0.717) is 0 Å². The van der Waals surface area contributed by atoms with Crippen LogP contribution < -0.4 is 10.9 Å². The van der Waals surface area contributed by atoms with Crippen molar-refractivity contribution < 1.29 is 4.79 Å². The Balaban J connectivity index is 1.69. The number of fused-ring (bicyclic) bond motifs is 1. The average Bonchev–Trinajstić information content (AvgIpc) is 2.90. The summed E-state index contributed by atoms with van der Waals surface area (Å²) in [7, 11) is 0. The Kier molecular flexibility index (Phi) is 2.90. The van der Waals surface area contributed by atoms with Gasteiger partial charge in [-0.3, -0.25) is 15.6 Å². The van der Waals surface area contributed by atoms with Crippen molar-refractivity contribution >= 4 is 23.4 Å². The summed E-state index contributed by atoms with van der Waals surface area (Å²) < 4.78 is 0. The summed E-state index contributed by atoms with van der Waals surface area (Å²) in [4.78, 5) is 12.0. The number of rotatable bonds is 2. The minimum atomic E-state index is -0.153. The van der Waals surface area contributed by atoms with Crippen molar-refractivity contribution in [2.24, 2.45) is 0 Å². The van der Waals surface area contributed by atoms with Gasteiger partial charge >= 0.3 is 0 Å². The molecular formula is C15H13N3O. The van der Waals surface area contributed by atoms with Crippen LogP contribution in [0.4, 0.5) is 11.4 Å². The van der Waals surface area contributed by atoms with Crippen molar-refractivity contribution in [1.29, 1.82) is 0 Å². The van der Waals surface area contributed by atoms with Gasteiger partial charge in [-0.25, -0.2) is 0 Å². The van der Waals surface area contributed by atoms with Crippen LogP contribution in [0.1, 0.15) is 5.56 Å². The number of nitrogens with one attached hydrogen (secondary N) is 2. The lowest BCUT2D eigenvalue weighted by atomic mass is 10.2. The molecule has 4 heteroatoms. The van der Waals surface area contributed by atoms with Crippen molar-refractivity contribution in [2.45, 2.75) is 0 Å². The predicted molar refractivity (Wildman–Crippen MR) is 76.0 cm³/mol. The van der Waals surface area contributed by atoms with Gasteiger partial charge in [0.05, 0.1) is 11.4 Å². The number of amides is 1. The number of carbonyl (C=O) groups is 1. The topological polar surface area (TPSA) is 44.4 Å². The molecule has 0 saturated carbocycles. The van der Waals surface area contributed by atoms with E-state index in [9.17, 15) is 4.79 Å². The number of benzene rings is 2. The SMILES string of the molecule is O=C(C=Cc1ccccc1)N1Nc2ccccc2N1. The molecule has 3 rings (SSSR count). The maximum atomic E-state index is 12.0. The Morgan fingerprint density at radius 2 is 1.47 bits per heavy atom. The van der Waals surface area contributed by atoms with Crippen molar-refractivity contribution in [3.63, 3.8) is 0 Å². The number of hydrazine groups is 2. The van der Waals surface area contributed by atoms with E-state index in [2.05, 4.69) is 10.9 Å². The number of hydrogen-bond donors (Lipinski definition) is 2. The van der Waals surface area contributed by atoms with E-state index in [0.717, 1.165) is 16.9 Å². The van der Waals surface area contributed by atoms with Crippen molar-refractivity contribution in [3.8, 4) is 0 Å². The number of carbonyl (C=O) groups excluding carboxylic acids is 1. The van der Waals surface area contributed by atoms with Gasteiger partial charge in [-0.1, -0.05) is 42.5 Å². The molecule has 2 aromatic carbocycles. The number of nitrogens with zero attached hydrogens (tertiary/aromatic N) is 1. The van der Waals surface area contributed by atoms with Gasteiger partial charge in [0.15, 0.2) is 0 Å². The molecule has 0 unspecified atom stereocenters. The highest BCUT2D eigenvalue weighted by Crippen LogP contribution is 2.27. The third kappa shape index (κ3) is 2.42. The second kappa shape index (κ2) is 4.86. The van der Waals surface area contributed by atoms with Gasteiger partial charge in [0.25, 0.3) is 5.91 Å². The zero-order chi connectivity index (χ0) is 13.1. The molecule has 4 nitrogen and oxygen atoms in total. The Morgan fingerprint density at radius 1 is 0.895 bits per heavy atom. The van der Waals surface area contributed by atoms with Crippen LogP contribution in [-0.2, 0) is 4.79 Å². The van der Waals surface area contributed by atoms with E-state index in [-0.39, 0.29) is 5.91 Å². The first kappa shape index (κ1) is 11.3. The number of hydrogen-bond acceptors (Lipinski definition) is 3.